The summed E-state index contributed by atoms with van der Waals surface area (Å²) in [5.74, 6) is 0.711. The zero-order valence-corrected chi connectivity index (χ0v) is 11.8. The number of hydrogen-bond donors (Lipinski definition) is 2. The second kappa shape index (κ2) is 5.09. The van der Waals surface area contributed by atoms with Crippen molar-refractivity contribution in [1.82, 2.24) is 5.32 Å². The summed E-state index contributed by atoms with van der Waals surface area (Å²) in [6.07, 6.45) is 2.28. The molecule has 0 radical (unpaired) electrons. The van der Waals surface area contributed by atoms with Crippen LogP contribution in [0.5, 0.6) is 0 Å². The van der Waals surface area contributed by atoms with Gasteiger partial charge in [0.2, 0.25) is 5.91 Å². The number of primary amides is 1. The number of rotatable bonds is 3. The molecule has 0 aromatic heterocycles. The highest BCUT2D eigenvalue weighted by molar-refractivity contribution is 8.14. The molecule has 0 bridgehead atoms. The molecule has 1 amide bonds. The minimum absolute atomic E-state index is 0.0497. The number of aliphatic imine (C=N–C) groups is 1. The molecule has 2 aliphatic heterocycles. The van der Waals surface area contributed by atoms with Gasteiger partial charge in [0.05, 0.1) is 5.54 Å². The maximum absolute atomic E-state index is 11.0. The topological polar surface area (TPSA) is 76.7 Å². The summed E-state index contributed by atoms with van der Waals surface area (Å²) in [6, 6.07) is 0. The van der Waals surface area contributed by atoms with Gasteiger partial charge in [-0.25, -0.2) is 0 Å². The third kappa shape index (κ3) is 3.38. The molecular formula is C12H21N3O2S. The molecule has 1 saturated heterocycles. The highest BCUT2D eigenvalue weighted by Crippen LogP contribution is 2.35. The predicted octanol–water partition coefficient (Wildman–Crippen LogP) is 0.882. The molecule has 0 aliphatic carbocycles. The lowest BCUT2D eigenvalue weighted by Crippen LogP contribution is -2.45. The van der Waals surface area contributed by atoms with Crippen molar-refractivity contribution < 1.29 is 9.53 Å². The molecule has 0 saturated carbocycles. The number of ether oxygens (including phenoxy) is 1. The van der Waals surface area contributed by atoms with Gasteiger partial charge in [-0.3, -0.25) is 9.79 Å². The van der Waals surface area contributed by atoms with E-state index in [4.69, 9.17) is 15.5 Å². The maximum Gasteiger partial charge on any atom is 0.219 e. The van der Waals surface area contributed by atoms with Gasteiger partial charge in [0.15, 0.2) is 5.17 Å². The average Bonchev–Trinajstić information content (AvgIpc) is 2.59. The maximum atomic E-state index is 11.0. The molecule has 0 unspecified atom stereocenters. The van der Waals surface area contributed by atoms with Crippen LogP contribution in [-0.4, -0.2) is 41.1 Å². The summed E-state index contributed by atoms with van der Waals surface area (Å²) < 4.78 is 5.38. The third-order valence-electron chi connectivity index (χ3n) is 3.30. The Bertz CT molecular complexity index is 362. The summed E-state index contributed by atoms with van der Waals surface area (Å²) in [5, 5.41) is 4.26. The predicted molar refractivity (Wildman–Crippen MR) is 73.7 cm³/mol. The Morgan fingerprint density at radius 1 is 1.56 bits per heavy atom. The fourth-order valence-corrected chi connectivity index (χ4v) is 3.69. The minimum Gasteiger partial charge on any atom is -0.381 e. The van der Waals surface area contributed by atoms with E-state index in [-0.39, 0.29) is 17.0 Å². The van der Waals surface area contributed by atoms with E-state index >= 15 is 0 Å². The van der Waals surface area contributed by atoms with Gasteiger partial charge in [-0.15, -0.1) is 0 Å². The molecule has 0 aromatic carbocycles. The van der Waals surface area contributed by atoms with E-state index in [1.807, 2.05) is 13.8 Å². The van der Waals surface area contributed by atoms with Crippen LogP contribution in [0.2, 0.25) is 0 Å². The van der Waals surface area contributed by atoms with Gasteiger partial charge in [0, 0.05) is 30.9 Å². The first-order valence-electron chi connectivity index (χ1n) is 6.28. The zero-order chi connectivity index (χ0) is 13.2. The summed E-state index contributed by atoms with van der Waals surface area (Å²) in [4.78, 5) is 15.8. The molecule has 102 valence electrons. The van der Waals surface area contributed by atoms with Crippen molar-refractivity contribution >= 4 is 22.8 Å². The van der Waals surface area contributed by atoms with Crippen molar-refractivity contribution in [2.45, 2.75) is 44.2 Å². The van der Waals surface area contributed by atoms with E-state index < -0.39 is 0 Å². The van der Waals surface area contributed by atoms with Gasteiger partial charge >= 0.3 is 0 Å². The van der Waals surface area contributed by atoms with E-state index in [2.05, 4.69) is 5.32 Å². The standard InChI is InChI=1S/C12H21N3O2S/c1-11(2,7-9(13)16)14-10-15-12(8-18-10)3-5-17-6-4-12/h3-8H2,1-2H3,(H2,13,16)(H,14,15). The Labute approximate surface area is 112 Å². The molecule has 18 heavy (non-hydrogen) atoms. The van der Waals surface area contributed by atoms with Crippen LogP contribution in [0.25, 0.3) is 0 Å². The molecular weight excluding hydrogens is 250 g/mol. The Morgan fingerprint density at radius 2 is 2.22 bits per heavy atom. The van der Waals surface area contributed by atoms with Crippen LogP contribution in [0.4, 0.5) is 0 Å². The lowest BCUT2D eigenvalue weighted by Gasteiger charge is -2.29. The second-order valence-corrected chi connectivity index (χ2v) is 6.66. The Morgan fingerprint density at radius 3 is 2.83 bits per heavy atom. The van der Waals surface area contributed by atoms with Crippen LogP contribution in [0, 0.1) is 0 Å². The lowest BCUT2D eigenvalue weighted by molar-refractivity contribution is -0.119. The van der Waals surface area contributed by atoms with E-state index in [1.54, 1.807) is 11.8 Å². The van der Waals surface area contributed by atoms with E-state index in [0.717, 1.165) is 37.0 Å². The highest BCUT2D eigenvalue weighted by Gasteiger charge is 2.38. The van der Waals surface area contributed by atoms with Crippen LogP contribution >= 0.6 is 11.8 Å². The first-order valence-corrected chi connectivity index (χ1v) is 7.26. The van der Waals surface area contributed by atoms with Gasteiger partial charge in [0.1, 0.15) is 0 Å². The van der Waals surface area contributed by atoms with Crippen molar-refractivity contribution in [2.75, 3.05) is 19.0 Å². The van der Waals surface area contributed by atoms with Crippen molar-refractivity contribution in [2.24, 2.45) is 10.7 Å². The highest BCUT2D eigenvalue weighted by atomic mass is 32.2. The van der Waals surface area contributed by atoms with Crippen molar-refractivity contribution in [3.8, 4) is 0 Å². The van der Waals surface area contributed by atoms with Gasteiger partial charge in [-0.1, -0.05) is 11.8 Å². The molecule has 2 heterocycles. The number of amides is 1. The lowest BCUT2D eigenvalue weighted by atomic mass is 9.93. The number of thioether (sulfide) groups is 1. The number of amidine groups is 1. The van der Waals surface area contributed by atoms with Crippen molar-refractivity contribution in [3.63, 3.8) is 0 Å². The number of carbonyl (C=O) groups excluding carboxylic acids is 1. The number of carbonyl (C=O) groups is 1. The van der Waals surface area contributed by atoms with E-state index in [9.17, 15) is 4.79 Å². The normalized spacial score (nSPS) is 22.9. The monoisotopic (exact) mass is 271 g/mol. The Hall–Kier alpha value is -0.750. The average molecular weight is 271 g/mol. The second-order valence-electron chi connectivity index (χ2n) is 5.69. The van der Waals surface area contributed by atoms with Crippen molar-refractivity contribution in [3.05, 3.63) is 0 Å². The molecule has 2 aliphatic rings. The summed E-state index contributed by atoms with van der Waals surface area (Å²) >= 11 is 1.73. The fourth-order valence-electron chi connectivity index (χ4n) is 2.32. The number of nitrogens with one attached hydrogen (secondary N) is 1. The van der Waals surface area contributed by atoms with Crippen LogP contribution < -0.4 is 11.1 Å². The minimum atomic E-state index is -0.339. The smallest absolute Gasteiger partial charge is 0.219 e. The van der Waals surface area contributed by atoms with Crippen LogP contribution in [0.1, 0.15) is 33.1 Å². The van der Waals surface area contributed by atoms with Gasteiger partial charge < -0.3 is 15.8 Å². The Kier molecular flexibility index (Phi) is 3.87. The fraction of sp³-hybridized carbons (Fsp3) is 0.833. The van der Waals surface area contributed by atoms with E-state index in [1.165, 1.54) is 0 Å². The molecule has 6 heteroatoms. The largest absolute Gasteiger partial charge is 0.381 e. The third-order valence-corrected chi connectivity index (χ3v) is 4.45. The SMILES string of the molecule is CC(C)(CC(N)=O)NC1=NC2(CCOCC2)CS1. The number of hydrogen-bond acceptors (Lipinski definition) is 5. The van der Waals surface area contributed by atoms with Gasteiger partial charge in [-0.2, -0.15) is 0 Å². The molecule has 0 aromatic rings. The molecule has 2 rings (SSSR count). The zero-order valence-electron chi connectivity index (χ0n) is 11.0. The van der Waals surface area contributed by atoms with Crippen LogP contribution in [0.15, 0.2) is 4.99 Å². The molecule has 1 spiro atoms. The molecule has 5 nitrogen and oxygen atoms in total. The van der Waals surface area contributed by atoms with Crippen LogP contribution in [0.3, 0.4) is 0 Å². The van der Waals surface area contributed by atoms with Gasteiger partial charge in [-0.05, 0) is 26.7 Å². The Balaban J connectivity index is 1.98. The van der Waals surface area contributed by atoms with Gasteiger partial charge in [0.25, 0.3) is 0 Å². The molecule has 1 fully saturated rings. The van der Waals surface area contributed by atoms with Crippen LogP contribution in [-0.2, 0) is 9.53 Å². The quantitative estimate of drug-likeness (QED) is 0.799. The molecule has 0 atom stereocenters. The van der Waals surface area contributed by atoms with E-state index in [0.29, 0.717) is 6.42 Å². The summed E-state index contributed by atoms with van der Waals surface area (Å²) in [7, 11) is 0. The number of nitrogens with two attached hydrogens (primary N) is 1. The summed E-state index contributed by atoms with van der Waals surface area (Å²) in [6.45, 7) is 5.52. The number of nitrogens with zero attached hydrogens (tertiary/aromatic N) is 1. The summed E-state index contributed by atoms with van der Waals surface area (Å²) in [5.41, 5.74) is 4.96. The first-order chi connectivity index (χ1) is 8.41. The first kappa shape index (κ1) is 13.7. The van der Waals surface area contributed by atoms with Crippen molar-refractivity contribution in [1.29, 1.82) is 0 Å². The molecule has 3 N–H and O–H groups in total.